The largest absolute Gasteiger partial charge is 0.383 e. The van der Waals surface area contributed by atoms with E-state index in [-0.39, 0.29) is 11.8 Å². The number of likely N-dealkylation sites (tertiary alicyclic amines) is 1. The SMILES string of the molecule is COCCn1c([C@H]2CCN(C(=O)Cc3cccs3)C2)nc2cccnc21. The summed E-state index contributed by atoms with van der Waals surface area (Å²) in [7, 11) is 1.70. The van der Waals surface area contributed by atoms with Crippen molar-refractivity contribution in [2.24, 2.45) is 0 Å². The summed E-state index contributed by atoms with van der Waals surface area (Å²) in [5.74, 6) is 1.46. The van der Waals surface area contributed by atoms with Gasteiger partial charge in [-0.1, -0.05) is 6.07 Å². The second-order valence-electron chi connectivity index (χ2n) is 6.54. The van der Waals surface area contributed by atoms with Crippen molar-refractivity contribution in [1.29, 1.82) is 0 Å². The summed E-state index contributed by atoms with van der Waals surface area (Å²) < 4.78 is 7.41. The zero-order valence-electron chi connectivity index (χ0n) is 14.8. The van der Waals surface area contributed by atoms with Crippen LogP contribution in [0.25, 0.3) is 11.2 Å². The number of imidazole rings is 1. The number of methoxy groups -OCH3 is 1. The predicted octanol–water partition coefficient (Wildman–Crippen LogP) is 2.70. The van der Waals surface area contributed by atoms with Crippen LogP contribution >= 0.6 is 11.3 Å². The molecule has 0 saturated carbocycles. The highest BCUT2D eigenvalue weighted by atomic mass is 32.1. The molecule has 1 amide bonds. The Kier molecular flexibility index (Phi) is 4.99. The van der Waals surface area contributed by atoms with E-state index in [0.29, 0.717) is 13.0 Å². The van der Waals surface area contributed by atoms with E-state index >= 15 is 0 Å². The van der Waals surface area contributed by atoms with E-state index in [9.17, 15) is 4.79 Å². The van der Waals surface area contributed by atoms with Crippen molar-refractivity contribution in [3.63, 3.8) is 0 Å². The summed E-state index contributed by atoms with van der Waals surface area (Å²) in [5.41, 5.74) is 1.80. The maximum absolute atomic E-state index is 12.6. The lowest BCUT2D eigenvalue weighted by Crippen LogP contribution is -2.30. The fraction of sp³-hybridized carbons (Fsp3) is 0.421. The lowest BCUT2D eigenvalue weighted by Gasteiger charge is -2.17. The fourth-order valence-corrected chi connectivity index (χ4v) is 4.26. The highest BCUT2D eigenvalue weighted by Gasteiger charge is 2.31. The molecule has 4 rings (SSSR count). The molecule has 6 nitrogen and oxygen atoms in total. The number of ether oxygens (including phenoxy) is 1. The number of hydrogen-bond donors (Lipinski definition) is 0. The molecule has 0 N–H and O–H groups in total. The normalized spacial score (nSPS) is 17.3. The quantitative estimate of drug-likeness (QED) is 0.669. The van der Waals surface area contributed by atoms with E-state index in [4.69, 9.17) is 9.72 Å². The summed E-state index contributed by atoms with van der Waals surface area (Å²) in [4.78, 5) is 25.0. The summed E-state index contributed by atoms with van der Waals surface area (Å²) in [6.07, 6.45) is 3.22. The number of hydrogen-bond acceptors (Lipinski definition) is 5. The molecule has 1 aliphatic rings. The molecule has 26 heavy (non-hydrogen) atoms. The third-order valence-electron chi connectivity index (χ3n) is 4.86. The Hall–Kier alpha value is -2.25. The first-order chi connectivity index (χ1) is 12.8. The molecule has 0 aromatic carbocycles. The second kappa shape index (κ2) is 7.55. The number of rotatable bonds is 6. The van der Waals surface area contributed by atoms with Gasteiger partial charge >= 0.3 is 0 Å². The van der Waals surface area contributed by atoms with Gasteiger partial charge in [0, 0.05) is 43.7 Å². The van der Waals surface area contributed by atoms with Gasteiger partial charge in [-0.25, -0.2) is 9.97 Å². The van der Waals surface area contributed by atoms with Crippen LogP contribution in [0.3, 0.4) is 0 Å². The van der Waals surface area contributed by atoms with Crippen molar-refractivity contribution in [3.05, 3.63) is 46.5 Å². The van der Waals surface area contributed by atoms with Crippen LogP contribution in [0.5, 0.6) is 0 Å². The Labute approximate surface area is 156 Å². The van der Waals surface area contributed by atoms with E-state index in [1.54, 1.807) is 24.6 Å². The first-order valence-corrected chi connectivity index (χ1v) is 9.74. The fourth-order valence-electron chi connectivity index (χ4n) is 3.56. The highest BCUT2D eigenvalue weighted by molar-refractivity contribution is 7.10. The number of carbonyl (C=O) groups excluding carboxylic acids is 1. The topological polar surface area (TPSA) is 60.2 Å². The van der Waals surface area contributed by atoms with Crippen molar-refractivity contribution in [1.82, 2.24) is 19.4 Å². The molecule has 1 saturated heterocycles. The van der Waals surface area contributed by atoms with Crippen molar-refractivity contribution in [2.45, 2.75) is 25.3 Å². The third kappa shape index (κ3) is 3.37. The van der Waals surface area contributed by atoms with Crippen molar-refractivity contribution in [2.75, 3.05) is 26.8 Å². The van der Waals surface area contributed by atoms with Gasteiger partial charge < -0.3 is 14.2 Å². The molecule has 3 aromatic rings. The minimum absolute atomic E-state index is 0.202. The molecule has 0 bridgehead atoms. The van der Waals surface area contributed by atoms with E-state index < -0.39 is 0 Å². The van der Waals surface area contributed by atoms with Gasteiger partial charge in [0.05, 0.1) is 13.0 Å². The summed E-state index contributed by atoms with van der Waals surface area (Å²) >= 11 is 1.64. The van der Waals surface area contributed by atoms with Gasteiger partial charge in [0.15, 0.2) is 5.65 Å². The molecule has 3 aromatic heterocycles. The number of thiophene rings is 1. The molecule has 0 aliphatic carbocycles. The van der Waals surface area contributed by atoms with Crippen LogP contribution in [0.4, 0.5) is 0 Å². The van der Waals surface area contributed by atoms with Crippen molar-refractivity contribution >= 4 is 28.4 Å². The minimum Gasteiger partial charge on any atom is -0.383 e. The van der Waals surface area contributed by atoms with Crippen LogP contribution in [0.15, 0.2) is 35.8 Å². The van der Waals surface area contributed by atoms with Gasteiger partial charge in [-0.05, 0) is 30.0 Å². The Morgan fingerprint density at radius 1 is 1.38 bits per heavy atom. The number of pyridine rings is 1. The Bertz CT molecular complexity index is 890. The number of nitrogens with zero attached hydrogens (tertiary/aromatic N) is 4. The first-order valence-electron chi connectivity index (χ1n) is 8.86. The Balaban J connectivity index is 1.53. The molecule has 136 valence electrons. The predicted molar refractivity (Wildman–Crippen MR) is 101 cm³/mol. The highest BCUT2D eigenvalue weighted by Crippen LogP contribution is 2.29. The molecule has 0 spiro atoms. The molecule has 0 unspecified atom stereocenters. The number of carbonyl (C=O) groups is 1. The molecule has 4 heterocycles. The standard InChI is InChI=1S/C19H22N4O2S/c1-25-10-9-23-18(21-16-5-2-7-20-19(16)23)14-6-8-22(13-14)17(24)12-15-4-3-11-26-15/h2-5,7,11,14H,6,8-10,12-13H2,1H3/t14-/m0/s1. The van der Waals surface area contributed by atoms with Crippen LogP contribution in [0.1, 0.15) is 23.0 Å². The average Bonchev–Trinajstić information content (AvgIpc) is 3.39. The van der Waals surface area contributed by atoms with Crippen molar-refractivity contribution < 1.29 is 9.53 Å². The number of amides is 1. The monoisotopic (exact) mass is 370 g/mol. The number of fused-ring (bicyclic) bond motifs is 1. The maximum Gasteiger partial charge on any atom is 0.227 e. The zero-order valence-corrected chi connectivity index (χ0v) is 15.6. The Morgan fingerprint density at radius 2 is 2.31 bits per heavy atom. The van der Waals surface area contributed by atoms with E-state index in [1.165, 1.54) is 0 Å². The van der Waals surface area contributed by atoms with Gasteiger partial charge in [0.2, 0.25) is 5.91 Å². The summed E-state index contributed by atoms with van der Waals surface area (Å²) in [6.45, 7) is 2.85. The summed E-state index contributed by atoms with van der Waals surface area (Å²) in [5, 5.41) is 2.01. The second-order valence-corrected chi connectivity index (χ2v) is 7.57. The zero-order chi connectivity index (χ0) is 17.9. The van der Waals surface area contributed by atoms with Gasteiger partial charge in [0.1, 0.15) is 11.3 Å². The molecule has 1 aliphatic heterocycles. The molecule has 0 radical (unpaired) electrons. The van der Waals surface area contributed by atoms with Crippen LogP contribution in [0.2, 0.25) is 0 Å². The molecule has 7 heteroatoms. The van der Waals surface area contributed by atoms with Crippen LogP contribution in [-0.2, 0) is 22.5 Å². The van der Waals surface area contributed by atoms with Gasteiger partial charge in [-0.2, -0.15) is 0 Å². The van der Waals surface area contributed by atoms with Crippen molar-refractivity contribution in [3.8, 4) is 0 Å². The van der Waals surface area contributed by atoms with Crippen LogP contribution in [0, 0.1) is 0 Å². The Morgan fingerprint density at radius 3 is 3.12 bits per heavy atom. The molecular formula is C19H22N4O2S. The van der Waals surface area contributed by atoms with E-state index in [1.807, 2.05) is 34.5 Å². The molecular weight excluding hydrogens is 348 g/mol. The smallest absolute Gasteiger partial charge is 0.227 e. The van der Waals surface area contributed by atoms with Gasteiger partial charge in [-0.3, -0.25) is 4.79 Å². The third-order valence-corrected chi connectivity index (χ3v) is 5.74. The lowest BCUT2D eigenvalue weighted by atomic mass is 10.1. The molecule has 1 atom stereocenters. The first kappa shape index (κ1) is 17.2. The van der Waals surface area contributed by atoms with E-state index in [0.717, 1.165) is 47.9 Å². The van der Waals surface area contributed by atoms with Crippen LogP contribution in [-0.4, -0.2) is 52.1 Å². The minimum atomic E-state index is 0.202. The maximum atomic E-state index is 12.6. The van der Waals surface area contributed by atoms with Gasteiger partial charge in [0.25, 0.3) is 0 Å². The lowest BCUT2D eigenvalue weighted by molar-refractivity contribution is -0.129. The number of aromatic nitrogens is 3. The van der Waals surface area contributed by atoms with Crippen LogP contribution < -0.4 is 0 Å². The summed E-state index contributed by atoms with van der Waals surface area (Å²) in [6, 6.07) is 7.91. The van der Waals surface area contributed by atoms with Gasteiger partial charge in [-0.15, -0.1) is 11.3 Å². The molecule has 1 fully saturated rings. The average molecular weight is 370 g/mol. The van der Waals surface area contributed by atoms with E-state index in [2.05, 4.69) is 9.55 Å².